The molecule has 0 aromatic heterocycles. The van der Waals surface area contributed by atoms with Crippen LogP contribution in [0.4, 0.5) is 9.59 Å². The van der Waals surface area contributed by atoms with E-state index in [9.17, 15) is 29.4 Å². The van der Waals surface area contributed by atoms with E-state index in [4.69, 9.17) is 16.3 Å². The van der Waals surface area contributed by atoms with Crippen molar-refractivity contribution < 1.29 is 34.1 Å². The molecule has 3 aromatic carbocycles. The van der Waals surface area contributed by atoms with Gasteiger partial charge in [0.1, 0.15) is 18.7 Å². The summed E-state index contributed by atoms with van der Waals surface area (Å²) < 4.78 is 5.55. The van der Waals surface area contributed by atoms with Crippen molar-refractivity contribution in [3.8, 4) is 11.1 Å². The van der Waals surface area contributed by atoms with Gasteiger partial charge in [0.05, 0.1) is 12.1 Å². The fourth-order valence-corrected chi connectivity index (χ4v) is 6.75. The maximum absolute atomic E-state index is 13.8. The summed E-state index contributed by atoms with van der Waals surface area (Å²) in [6, 6.07) is 20.6. The molecule has 1 saturated heterocycles. The lowest BCUT2D eigenvalue weighted by Gasteiger charge is -2.48. The minimum atomic E-state index is -1.33. The van der Waals surface area contributed by atoms with Gasteiger partial charge < -0.3 is 35.4 Å². The standard InChI is InChI=1S/C35H39ClN4O7/c1-22(37-33(44)47-20-29-27-10-5-3-8-25(27)26-9-4-6-11-28(26)29)31(42)38-30(19-41)32(43)39(2)35(16-7-17-40(21-35)34(45)46)18-23-12-14-24(36)15-13-23/h3-6,8-15,22,29-30,41H,7,16-21H2,1-2H3,(H,37,44)(H,38,42)(H,45,46)/t22-,30-,35+/m0/s1. The van der Waals surface area contributed by atoms with Crippen molar-refractivity contribution >= 4 is 35.6 Å². The van der Waals surface area contributed by atoms with E-state index in [1.807, 2.05) is 60.7 Å². The highest BCUT2D eigenvalue weighted by Gasteiger charge is 2.44. The summed E-state index contributed by atoms with van der Waals surface area (Å²) in [4.78, 5) is 54.3. The molecule has 5 rings (SSSR count). The third-order valence-corrected chi connectivity index (χ3v) is 9.43. The quantitative estimate of drug-likeness (QED) is 0.254. The van der Waals surface area contributed by atoms with Gasteiger partial charge in [-0.3, -0.25) is 9.59 Å². The fourth-order valence-electron chi connectivity index (χ4n) is 6.63. The summed E-state index contributed by atoms with van der Waals surface area (Å²) >= 11 is 6.06. The van der Waals surface area contributed by atoms with Gasteiger partial charge >= 0.3 is 12.2 Å². The molecule has 12 heteroatoms. The first-order chi connectivity index (χ1) is 22.5. The molecule has 1 heterocycles. The predicted molar refractivity (Wildman–Crippen MR) is 176 cm³/mol. The molecule has 0 spiro atoms. The van der Waals surface area contributed by atoms with Crippen LogP contribution < -0.4 is 10.6 Å². The molecule has 2 aliphatic rings. The SMILES string of the molecule is C[C@H](NC(=O)OCC1c2ccccc2-c2ccccc21)C(=O)N[C@@H](CO)C(=O)N(C)[C@@]1(Cc2ccc(Cl)cc2)CCCN(C(=O)O)C1. The van der Waals surface area contributed by atoms with Crippen LogP contribution in [0.3, 0.4) is 0 Å². The third-order valence-electron chi connectivity index (χ3n) is 9.18. The van der Waals surface area contributed by atoms with Crippen LogP contribution in [0.15, 0.2) is 72.8 Å². The number of nitrogens with zero attached hydrogens (tertiary/aromatic N) is 2. The number of rotatable bonds is 10. The van der Waals surface area contributed by atoms with E-state index in [1.165, 1.54) is 16.7 Å². The molecule has 1 aliphatic carbocycles. The molecule has 0 bridgehead atoms. The Morgan fingerprint density at radius 3 is 2.21 bits per heavy atom. The third kappa shape index (κ3) is 7.36. The van der Waals surface area contributed by atoms with Gasteiger partial charge in [-0.05, 0) is 66.1 Å². The van der Waals surface area contributed by atoms with Gasteiger partial charge in [-0.25, -0.2) is 9.59 Å². The van der Waals surface area contributed by atoms with Crippen molar-refractivity contribution in [2.45, 2.75) is 49.7 Å². The molecule has 1 fully saturated rings. The summed E-state index contributed by atoms with van der Waals surface area (Å²) in [5.41, 5.74) is 4.21. The van der Waals surface area contributed by atoms with Gasteiger partial charge in [0.25, 0.3) is 0 Å². The molecule has 0 unspecified atom stereocenters. The minimum Gasteiger partial charge on any atom is -0.465 e. The second-order valence-corrected chi connectivity index (χ2v) is 12.6. The van der Waals surface area contributed by atoms with Gasteiger partial charge in [0.15, 0.2) is 0 Å². The second-order valence-electron chi connectivity index (χ2n) is 12.2. The number of alkyl carbamates (subject to hydrolysis) is 1. The number of carboxylic acid groups (broad SMARTS) is 1. The van der Waals surface area contributed by atoms with E-state index in [2.05, 4.69) is 10.6 Å². The van der Waals surface area contributed by atoms with E-state index in [1.54, 1.807) is 19.2 Å². The number of carbonyl (C=O) groups is 4. The first kappa shape index (κ1) is 33.7. The van der Waals surface area contributed by atoms with E-state index in [-0.39, 0.29) is 19.1 Å². The highest BCUT2D eigenvalue weighted by molar-refractivity contribution is 6.30. The number of nitrogens with one attached hydrogen (secondary N) is 2. The van der Waals surface area contributed by atoms with Crippen LogP contribution in [0.25, 0.3) is 11.1 Å². The predicted octanol–water partition coefficient (Wildman–Crippen LogP) is 4.26. The molecule has 0 radical (unpaired) electrons. The summed E-state index contributed by atoms with van der Waals surface area (Å²) in [6.45, 7) is 1.21. The normalized spacial score (nSPS) is 18.3. The van der Waals surface area contributed by atoms with Crippen LogP contribution in [-0.4, -0.2) is 95.0 Å². The maximum Gasteiger partial charge on any atom is 0.407 e. The van der Waals surface area contributed by atoms with Crippen LogP contribution >= 0.6 is 11.6 Å². The topological polar surface area (TPSA) is 149 Å². The Kier molecular flexibility index (Phi) is 10.4. The number of ether oxygens (including phenoxy) is 1. The average molecular weight is 663 g/mol. The lowest BCUT2D eigenvalue weighted by molar-refractivity contribution is -0.143. The zero-order valence-corrected chi connectivity index (χ0v) is 27.1. The van der Waals surface area contributed by atoms with E-state index >= 15 is 0 Å². The van der Waals surface area contributed by atoms with E-state index in [0.29, 0.717) is 30.8 Å². The Bertz CT molecular complexity index is 1590. The van der Waals surface area contributed by atoms with Crippen molar-refractivity contribution in [2.24, 2.45) is 0 Å². The first-order valence-electron chi connectivity index (χ1n) is 15.6. The number of aliphatic hydroxyl groups excluding tert-OH is 1. The van der Waals surface area contributed by atoms with Gasteiger partial charge in [-0.1, -0.05) is 72.3 Å². The fraction of sp³-hybridized carbons (Fsp3) is 0.371. The number of carbonyl (C=O) groups excluding carboxylic acids is 3. The zero-order chi connectivity index (χ0) is 33.7. The second kappa shape index (κ2) is 14.4. The first-order valence-corrected chi connectivity index (χ1v) is 15.9. The van der Waals surface area contributed by atoms with Crippen LogP contribution in [0.1, 0.15) is 42.4 Å². The van der Waals surface area contributed by atoms with Gasteiger partial charge in [-0.15, -0.1) is 0 Å². The van der Waals surface area contributed by atoms with Crippen LogP contribution in [0.2, 0.25) is 5.02 Å². The van der Waals surface area contributed by atoms with Gasteiger partial charge in [0.2, 0.25) is 11.8 Å². The molecule has 0 saturated carbocycles. The number of hydrogen-bond acceptors (Lipinski definition) is 6. The average Bonchev–Trinajstić information content (AvgIpc) is 3.40. The molecular weight excluding hydrogens is 624 g/mol. The lowest BCUT2D eigenvalue weighted by atomic mass is 9.81. The van der Waals surface area contributed by atoms with Gasteiger partial charge in [-0.2, -0.15) is 0 Å². The minimum absolute atomic E-state index is 0.0546. The molecule has 4 amide bonds. The van der Waals surface area contributed by atoms with Crippen molar-refractivity contribution in [2.75, 3.05) is 33.4 Å². The van der Waals surface area contributed by atoms with E-state index in [0.717, 1.165) is 27.8 Å². The number of aliphatic hydroxyl groups is 1. The highest BCUT2D eigenvalue weighted by Crippen LogP contribution is 2.44. The molecule has 47 heavy (non-hydrogen) atoms. The Labute approximate surface area is 278 Å². The number of likely N-dealkylation sites (tertiary alicyclic amines) is 1. The molecule has 1 aliphatic heterocycles. The Balaban J connectivity index is 1.21. The molecular formula is C35H39ClN4O7. The summed E-state index contributed by atoms with van der Waals surface area (Å²) in [7, 11) is 1.55. The monoisotopic (exact) mass is 662 g/mol. The van der Waals surface area contributed by atoms with Crippen molar-refractivity contribution in [3.05, 3.63) is 94.5 Å². The van der Waals surface area contributed by atoms with Crippen LogP contribution in [0.5, 0.6) is 0 Å². The zero-order valence-electron chi connectivity index (χ0n) is 26.3. The number of amides is 4. The van der Waals surface area contributed by atoms with Gasteiger partial charge in [0, 0.05) is 31.1 Å². The Morgan fingerprint density at radius 2 is 1.62 bits per heavy atom. The lowest BCUT2D eigenvalue weighted by Crippen LogP contribution is -2.64. The largest absolute Gasteiger partial charge is 0.465 e. The van der Waals surface area contributed by atoms with Crippen molar-refractivity contribution in [3.63, 3.8) is 0 Å². The number of halogens is 1. The van der Waals surface area contributed by atoms with Crippen molar-refractivity contribution in [1.29, 1.82) is 0 Å². The molecule has 248 valence electrons. The number of likely N-dealkylation sites (N-methyl/N-ethyl adjacent to an activating group) is 1. The number of benzene rings is 3. The molecule has 4 N–H and O–H groups in total. The van der Waals surface area contributed by atoms with Crippen LogP contribution in [-0.2, 0) is 20.7 Å². The Morgan fingerprint density at radius 1 is 1.00 bits per heavy atom. The van der Waals surface area contributed by atoms with E-state index < -0.39 is 48.2 Å². The summed E-state index contributed by atoms with van der Waals surface area (Å²) in [5, 5.41) is 25.5. The smallest absolute Gasteiger partial charge is 0.407 e. The molecule has 3 atom stereocenters. The van der Waals surface area contributed by atoms with Crippen molar-refractivity contribution in [1.82, 2.24) is 20.4 Å². The highest BCUT2D eigenvalue weighted by atomic mass is 35.5. The van der Waals surface area contributed by atoms with Crippen LogP contribution in [0, 0.1) is 0 Å². The summed E-state index contributed by atoms with van der Waals surface area (Å²) in [5.74, 6) is -1.43. The molecule has 3 aromatic rings. The number of fused-ring (bicyclic) bond motifs is 3. The Hall–Kier alpha value is -4.61. The number of piperidine rings is 1. The molecule has 11 nitrogen and oxygen atoms in total. The summed E-state index contributed by atoms with van der Waals surface area (Å²) in [6.07, 6.45) is -0.521. The number of hydrogen-bond donors (Lipinski definition) is 4. The maximum atomic E-state index is 13.8.